The third-order valence-electron chi connectivity index (χ3n) is 9.74. The van der Waals surface area contributed by atoms with Gasteiger partial charge in [0.2, 0.25) is 17.6 Å². The van der Waals surface area contributed by atoms with Crippen LogP contribution in [0.25, 0.3) is 22.5 Å². The van der Waals surface area contributed by atoms with Crippen LogP contribution in [0.15, 0.2) is 66.7 Å². The molecular weight excluding hydrogens is 666 g/mol. The van der Waals surface area contributed by atoms with Crippen molar-refractivity contribution in [2.75, 3.05) is 38.0 Å². The average molecular weight is 716 g/mol. The molecule has 12 nitrogen and oxygen atoms in total. The van der Waals surface area contributed by atoms with Crippen molar-refractivity contribution in [3.8, 4) is 22.5 Å². The molecular formula is C38H50ClN9O3. The first-order chi connectivity index (χ1) is 24.3. The normalized spacial score (nSPS) is 16.2. The Bertz CT molecular complexity index is 1700. The number of amides is 3. The molecule has 0 radical (unpaired) electrons. The zero-order valence-corrected chi connectivity index (χ0v) is 30.5. The van der Waals surface area contributed by atoms with E-state index in [9.17, 15) is 14.4 Å². The molecule has 6 N–H and O–H groups in total. The van der Waals surface area contributed by atoms with Gasteiger partial charge in [-0.15, -0.1) is 22.6 Å². The Labute approximate surface area is 306 Å². The highest BCUT2D eigenvalue weighted by Gasteiger charge is 2.29. The average Bonchev–Trinajstić information content (AvgIpc) is 3.69. The second kappa shape index (κ2) is 19.1. The number of aromatic amines is 1. The van der Waals surface area contributed by atoms with Crippen LogP contribution < -0.4 is 21.7 Å². The van der Waals surface area contributed by atoms with E-state index in [0.717, 1.165) is 73.1 Å². The van der Waals surface area contributed by atoms with Gasteiger partial charge in [-0.25, -0.2) is 0 Å². The molecule has 3 aromatic carbocycles. The lowest BCUT2D eigenvalue weighted by Crippen LogP contribution is -2.48. The summed E-state index contributed by atoms with van der Waals surface area (Å²) in [7, 11) is 0. The highest BCUT2D eigenvalue weighted by molar-refractivity contribution is 5.98. The largest absolute Gasteiger partial charge is 0.351 e. The summed E-state index contributed by atoms with van der Waals surface area (Å²) in [6.07, 6.45) is 3.69. The van der Waals surface area contributed by atoms with Gasteiger partial charge in [0.05, 0.1) is 0 Å². The van der Waals surface area contributed by atoms with Crippen LogP contribution in [-0.4, -0.2) is 82.0 Å². The van der Waals surface area contributed by atoms with E-state index in [1.165, 1.54) is 0 Å². The molecule has 1 aliphatic carbocycles. The zero-order chi connectivity index (χ0) is 35.5. The molecule has 0 aliphatic heterocycles. The molecule has 3 amide bonds. The van der Waals surface area contributed by atoms with Gasteiger partial charge in [-0.1, -0.05) is 44.2 Å². The highest BCUT2D eigenvalue weighted by Crippen LogP contribution is 2.29. The van der Waals surface area contributed by atoms with Crippen molar-refractivity contribution in [2.24, 2.45) is 17.6 Å². The lowest BCUT2D eigenvalue weighted by atomic mass is 9.81. The number of carbonyl (C=O) groups excluding carboxylic acids is 3. The van der Waals surface area contributed by atoms with Crippen LogP contribution in [0.4, 0.5) is 5.69 Å². The topological polar surface area (TPSA) is 171 Å². The number of anilines is 1. The van der Waals surface area contributed by atoms with Gasteiger partial charge in [0.1, 0.15) is 6.04 Å². The Morgan fingerprint density at radius 1 is 0.941 bits per heavy atom. The summed E-state index contributed by atoms with van der Waals surface area (Å²) in [6.45, 7) is 10.2. The second-order valence-electron chi connectivity index (χ2n) is 13.0. The van der Waals surface area contributed by atoms with Gasteiger partial charge in [0.25, 0.3) is 5.91 Å². The van der Waals surface area contributed by atoms with Crippen molar-refractivity contribution in [3.05, 3.63) is 83.4 Å². The Morgan fingerprint density at radius 3 is 2.24 bits per heavy atom. The first-order valence-corrected chi connectivity index (χ1v) is 17.6. The number of aromatic nitrogens is 4. The minimum absolute atomic E-state index is 0. The van der Waals surface area contributed by atoms with Gasteiger partial charge in [-0.05, 0) is 122 Å². The van der Waals surface area contributed by atoms with Crippen molar-refractivity contribution in [1.29, 1.82) is 0 Å². The van der Waals surface area contributed by atoms with Crippen LogP contribution in [0, 0.1) is 18.8 Å². The third kappa shape index (κ3) is 10.7. The number of likely N-dealkylation sites (N-methyl/N-ethyl adjacent to an activating group) is 1. The second-order valence-corrected chi connectivity index (χ2v) is 13.0. The molecule has 0 bridgehead atoms. The molecule has 1 fully saturated rings. The van der Waals surface area contributed by atoms with E-state index >= 15 is 0 Å². The number of nitrogens with two attached hydrogens (primary N) is 1. The smallest absolute Gasteiger partial charge is 0.251 e. The van der Waals surface area contributed by atoms with Crippen LogP contribution in [0.1, 0.15) is 61.0 Å². The molecule has 4 aromatic rings. The van der Waals surface area contributed by atoms with Crippen molar-refractivity contribution >= 4 is 35.8 Å². The van der Waals surface area contributed by atoms with E-state index in [2.05, 4.69) is 55.3 Å². The Morgan fingerprint density at radius 2 is 1.63 bits per heavy atom. The van der Waals surface area contributed by atoms with Crippen molar-refractivity contribution in [3.63, 3.8) is 0 Å². The Hall–Kier alpha value is -4.65. The lowest BCUT2D eigenvalue weighted by Gasteiger charge is -2.28. The maximum Gasteiger partial charge on any atom is 0.251 e. The Balaban J connectivity index is 0.00000583. The van der Waals surface area contributed by atoms with Gasteiger partial charge >= 0.3 is 0 Å². The number of halogens is 1. The van der Waals surface area contributed by atoms with Gasteiger partial charge in [0, 0.05) is 42.2 Å². The van der Waals surface area contributed by atoms with Crippen LogP contribution in [0.5, 0.6) is 0 Å². The number of hydrogen-bond acceptors (Lipinski definition) is 8. The third-order valence-corrected chi connectivity index (χ3v) is 9.74. The van der Waals surface area contributed by atoms with E-state index in [0.29, 0.717) is 42.5 Å². The maximum atomic E-state index is 13.7. The molecule has 1 aliphatic rings. The molecule has 1 atom stereocenters. The van der Waals surface area contributed by atoms with E-state index in [1.54, 1.807) is 24.3 Å². The lowest BCUT2D eigenvalue weighted by molar-refractivity contribution is -0.130. The molecule has 1 saturated carbocycles. The molecule has 5 rings (SSSR count). The summed E-state index contributed by atoms with van der Waals surface area (Å²) < 4.78 is 0. The predicted octanol–water partition coefficient (Wildman–Crippen LogP) is 4.77. The molecule has 51 heavy (non-hydrogen) atoms. The van der Waals surface area contributed by atoms with E-state index in [1.807, 2.05) is 49.4 Å². The van der Waals surface area contributed by atoms with Crippen LogP contribution >= 0.6 is 12.4 Å². The monoisotopic (exact) mass is 715 g/mol. The zero-order valence-electron chi connectivity index (χ0n) is 29.7. The molecule has 1 heterocycles. The fourth-order valence-corrected chi connectivity index (χ4v) is 6.53. The van der Waals surface area contributed by atoms with E-state index < -0.39 is 6.04 Å². The number of carbonyl (C=O) groups is 3. The fraction of sp³-hybridized carbons (Fsp3) is 0.421. The molecule has 13 heteroatoms. The van der Waals surface area contributed by atoms with Crippen molar-refractivity contribution in [1.82, 2.24) is 36.2 Å². The summed E-state index contributed by atoms with van der Waals surface area (Å²) >= 11 is 0. The summed E-state index contributed by atoms with van der Waals surface area (Å²) in [6, 6.07) is 20.1. The summed E-state index contributed by atoms with van der Waals surface area (Å²) in [4.78, 5) is 42.2. The number of nitrogens with zero attached hydrogens (tertiary/aromatic N) is 4. The van der Waals surface area contributed by atoms with Gasteiger partial charge < -0.3 is 26.6 Å². The minimum atomic E-state index is -0.779. The highest BCUT2D eigenvalue weighted by atomic mass is 35.5. The van der Waals surface area contributed by atoms with E-state index in [4.69, 9.17) is 5.73 Å². The summed E-state index contributed by atoms with van der Waals surface area (Å²) in [5, 5.41) is 23.1. The van der Waals surface area contributed by atoms with Gasteiger partial charge in [-0.2, -0.15) is 5.21 Å². The number of hydrogen-bond donors (Lipinski definition) is 5. The number of tetrazole rings is 1. The minimum Gasteiger partial charge on any atom is -0.351 e. The number of H-pyrrole nitrogens is 1. The van der Waals surface area contributed by atoms with Gasteiger partial charge in [0.15, 0.2) is 0 Å². The summed E-state index contributed by atoms with van der Waals surface area (Å²) in [5.74, 6) is 0.291. The molecule has 272 valence electrons. The van der Waals surface area contributed by atoms with E-state index in [-0.39, 0.29) is 36.0 Å². The first kappa shape index (κ1) is 39.1. The molecule has 1 aromatic heterocycles. The Kier molecular flexibility index (Phi) is 14.7. The van der Waals surface area contributed by atoms with Crippen molar-refractivity contribution < 1.29 is 14.4 Å². The fourth-order valence-electron chi connectivity index (χ4n) is 6.53. The standard InChI is InChI=1S/C38H49N9O3.ClH/c1-4-47(5-2)21-20-40-36(48)31-16-19-33(25(3)22-31)28-10-6-26(7-11-28)23-34(42-37(49)30-12-8-27(24-39)9-13-30)38(50)41-32-17-14-29(15-18-32)35-43-45-46-44-35;/h6-7,10-11,14-19,22,27,30,34H,4-5,8-9,12-13,20-21,23-24,39H2,1-3H3,(H,40,48)(H,41,50)(H,42,49)(H,43,44,45,46);1H/t27?,30?,34-;/m0./s1. The van der Waals surface area contributed by atoms with Crippen molar-refractivity contribution in [2.45, 2.75) is 58.9 Å². The van der Waals surface area contributed by atoms with Gasteiger partial charge in [-0.3, -0.25) is 14.4 Å². The SMILES string of the molecule is CCN(CC)CCNC(=O)c1ccc(-c2ccc(C[C@H](NC(=O)C3CCC(CN)CC3)C(=O)Nc3ccc(-c4nn[nH]n4)cc3)cc2)c(C)c1.Cl. The number of nitrogens with one attached hydrogen (secondary N) is 4. The number of aryl methyl sites for hydroxylation is 1. The molecule has 0 spiro atoms. The van der Waals surface area contributed by atoms with Crippen LogP contribution in [-0.2, 0) is 16.0 Å². The first-order valence-electron chi connectivity index (χ1n) is 17.6. The van der Waals surface area contributed by atoms with Crippen LogP contribution in [0.2, 0.25) is 0 Å². The molecule has 0 saturated heterocycles. The maximum absolute atomic E-state index is 13.7. The summed E-state index contributed by atoms with van der Waals surface area (Å²) in [5.41, 5.74) is 11.8. The molecule has 0 unspecified atom stereocenters. The predicted molar refractivity (Wildman–Crippen MR) is 202 cm³/mol. The number of benzene rings is 3. The van der Waals surface area contributed by atoms with Crippen LogP contribution in [0.3, 0.4) is 0 Å². The number of rotatable bonds is 15. The quantitative estimate of drug-likeness (QED) is 0.117.